The average molecular weight is 240 g/mol. The van der Waals surface area contributed by atoms with Crippen LogP contribution in [0.1, 0.15) is 19.3 Å². The molecule has 0 aliphatic carbocycles. The van der Waals surface area contributed by atoms with Crippen LogP contribution in [-0.4, -0.2) is 73.6 Å². The summed E-state index contributed by atoms with van der Waals surface area (Å²) in [5, 5.41) is 2.39. The summed E-state index contributed by atoms with van der Waals surface area (Å²) in [5.41, 5.74) is 3.30. The number of hydrazine groups is 1. The molecule has 2 saturated heterocycles. The highest BCUT2D eigenvalue weighted by Crippen LogP contribution is 2.27. The monoisotopic (exact) mass is 240 g/mol. The van der Waals surface area contributed by atoms with Gasteiger partial charge in [0.05, 0.1) is 0 Å². The van der Waals surface area contributed by atoms with Crippen LogP contribution in [0, 0.1) is 0 Å². The zero-order valence-corrected chi connectivity index (χ0v) is 11.1. The van der Waals surface area contributed by atoms with Crippen LogP contribution in [0.2, 0.25) is 0 Å². The van der Waals surface area contributed by atoms with E-state index in [1.807, 2.05) is 21.1 Å². The first-order chi connectivity index (χ1) is 8.11. The van der Waals surface area contributed by atoms with Crippen molar-refractivity contribution in [3.63, 3.8) is 0 Å². The van der Waals surface area contributed by atoms with Crippen molar-refractivity contribution in [2.45, 2.75) is 31.3 Å². The largest absolute Gasteiger partial charge is 0.349 e. The minimum Gasteiger partial charge on any atom is -0.349 e. The van der Waals surface area contributed by atoms with Crippen LogP contribution in [0.4, 0.5) is 0 Å². The lowest BCUT2D eigenvalue weighted by molar-refractivity contribution is -0.129. The van der Waals surface area contributed by atoms with Crippen molar-refractivity contribution in [3.05, 3.63) is 0 Å². The molecule has 5 nitrogen and oxygen atoms in total. The fourth-order valence-corrected chi connectivity index (χ4v) is 3.02. The molecule has 0 saturated carbocycles. The first-order valence-electron chi connectivity index (χ1n) is 6.50. The van der Waals surface area contributed by atoms with E-state index in [1.165, 1.54) is 12.8 Å². The molecule has 2 aliphatic heterocycles. The molecule has 2 bridgehead atoms. The molecule has 0 radical (unpaired) electrons. The maximum Gasteiger partial charge on any atom is 0.223 e. The van der Waals surface area contributed by atoms with Crippen LogP contribution in [0.25, 0.3) is 0 Å². The third kappa shape index (κ3) is 2.78. The SMILES string of the molecule is CNN1C2CCC1CN(CCC(=O)N(C)C)C2. The van der Waals surface area contributed by atoms with E-state index in [4.69, 9.17) is 0 Å². The molecule has 2 heterocycles. The lowest BCUT2D eigenvalue weighted by atomic mass is 10.2. The highest BCUT2D eigenvalue weighted by molar-refractivity contribution is 5.75. The van der Waals surface area contributed by atoms with E-state index >= 15 is 0 Å². The van der Waals surface area contributed by atoms with Crippen LogP contribution in [-0.2, 0) is 4.79 Å². The molecule has 2 atom stereocenters. The van der Waals surface area contributed by atoms with Crippen LogP contribution in [0.3, 0.4) is 0 Å². The molecule has 5 heteroatoms. The Balaban J connectivity index is 1.80. The zero-order valence-electron chi connectivity index (χ0n) is 11.1. The Kier molecular flexibility index (Phi) is 4.01. The van der Waals surface area contributed by atoms with Crippen LogP contribution < -0.4 is 5.43 Å². The topological polar surface area (TPSA) is 38.8 Å². The standard InChI is InChI=1S/C12H24N4O/c1-13-16-10-4-5-11(16)9-15(8-10)7-6-12(17)14(2)3/h10-11,13H,4-9H2,1-3H3. The van der Waals surface area contributed by atoms with Crippen LogP contribution in [0.5, 0.6) is 0 Å². The fraction of sp³-hybridized carbons (Fsp3) is 0.917. The molecule has 2 fully saturated rings. The predicted molar refractivity (Wildman–Crippen MR) is 67.5 cm³/mol. The number of rotatable bonds is 4. The molecule has 0 spiro atoms. The van der Waals surface area contributed by atoms with E-state index in [0.29, 0.717) is 18.5 Å². The Bertz CT molecular complexity index is 268. The van der Waals surface area contributed by atoms with Gasteiger partial charge in [-0.2, -0.15) is 0 Å². The fourth-order valence-electron chi connectivity index (χ4n) is 3.02. The molecule has 0 aromatic carbocycles. The van der Waals surface area contributed by atoms with Crippen molar-refractivity contribution in [3.8, 4) is 0 Å². The number of amides is 1. The van der Waals surface area contributed by atoms with Gasteiger partial charge in [-0.25, -0.2) is 5.01 Å². The van der Waals surface area contributed by atoms with E-state index < -0.39 is 0 Å². The van der Waals surface area contributed by atoms with Gasteiger partial charge in [-0.15, -0.1) is 0 Å². The molecule has 2 rings (SSSR count). The Labute approximate surface area is 104 Å². The van der Waals surface area contributed by atoms with E-state index in [2.05, 4.69) is 15.3 Å². The number of hydrogen-bond acceptors (Lipinski definition) is 4. The molecular formula is C12H24N4O. The maximum absolute atomic E-state index is 11.6. The van der Waals surface area contributed by atoms with Crippen molar-refractivity contribution >= 4 is 5.91 Å². The second kappa shape index (κ2) is 5.33. The number of piperazine rings is 1. The highest BCUT2D eigenvalue weighted by atomic mass is 16.2. The van der Waals surface area contributed by atoms with Gasteiger partial charge in [0.2, 0.25) is 5.91 Å². The molecule has 0 aromatic heterocycles. The first kappa shape index (κ1) is 12.8. The minimum absolute atomic E-state index is 0.230. The summed E-state index contributed by atoms with van der Waals surface area (Å²) >= 11 is 0. The Morgan fingerprint density at radius 3 is 2.35 bits per heavy atom. The summed E-state index contributed by atoms with van der Waals surface area (Å²) in [6.45, 7) is 3.09. The summed E-state index contributed by atoms with van der Waals surface area (Å²) < 4.78 is 0. The normalized spacial score (nSPS) is 29.6. The van der Waals surface area contributed by atoms with Crippen molar-refractivity contribution in [1.29, 1.82) is 0 Å². The molecule has 1 amide bonds. The molecule has 1 N–H and O–H groups in total. The number of nitrogens with one attached hydrogen (secondary N) is 1. The Morgan fingerprint density at radius 2 is 1.88 bits per heavy atom. The molecular weight excluding hydrogens is 216 g/mol. The quantitative estimate of drug-likeness (QED) is 0.735. The first-order valence-corrected chi connectivity index (χ1v) is 6.50. The number of carbonyl (C=O) groups is 1. The number of likely N-dealkylation sites (tertiary alicyclic amines) is 1. The van der Waals surface area contributed by atoms with Crippen LogP contribution in [0.15, 0.2) is 0 Å². The van der Waals surface area contributed by atoms with Gasteiger partial charge >= 0.3 is 0 Å². The highest BCUT2D eigenvalue weighted by Gasteiger charge is 2.39. The van der Waals surface area contributed by atoms with Gasteiger partial charge < -0.3 is 4.90 Å². The van der Waals surface area contributed by atoms with Gasteiger partial charge in [-0.3, -0.25) is 15.1 Å². The van der Waals surface area contributed by atoms with Gasteiger partial charge in [-0.1, -0.05) is 0 Å². The summed E-state index contributed by atoms with van der Waals surface area (Å²) in [7, 11) is 5.66. The van der Waals surface area contributed by atoms with Gasteiger partial charge in [0.15, 0.2) is 0 Å². The minimum atomic E-state index is 0.230. The molecule has 2 aliphatic rings. The second-order valence-electron chi connectivity index (χ2n) is 5.31. The number of hydrogen-bond donors (Lipinski definition) is 1. The number of carbonyl (C=O) groups excluding carboxylic acids is 1. The van der Waals surface area contributed by atoms with E-state index in [9.17, 15) is 4.79 Å². The van der Waals surface area contributed by atoms with E-state index in [0.717, 1.165) is 19.6 Å². The van der Waals surface area contributed by atoms with E-state index in [1.54, 1.807) is 4.90 Å². The summed E-state index contributed by atoms with van der Waals surface area (Å²) in [6.07, 6.45) is 3.21. The lowest BCUT2D eigenvalue weighted by Crippen LogP contribution is -2.57. The predicted octanol–water partition coefficient (Wildman–Crippen LogP) is -0.252. The van der Waals surface area contributed by atoms with E-state index in [-0.39, 0.29) is 5.91 Å². The maximum atomic E-state index is 11.6. The van der Waals surface area contributed by atoms with Crippen molar-refractivity contribution in [2.75, 3.05) is 40.8 Å². The summed E-state index contributed by atoms with van der Waals surface area (Å²) in [6, 6.07) is 1.27. The molecule has 17 heavy (non-hydrogen) atoms. The lowest BCUT2D eigenvalue weighted by Gasteiger charge is -2.40. The number of fused-ring (bicyclic) bond motifs is 2. The zero-order chi connectivity index (χ0) is 12.4. The van der Waals surface area contributed by atoms with Crippen LogP contribution >= 0.6 is 0 Å². The Morgan fingerprint density at radius 1 is 1.29 bits per heavy atom. The summed E-state index contributed by atoms with van der Waals surface area (Å²) in [5.74, 6) is 0.230. The number of nitrogens with zero attached hydrogens (tertiary/aromatic N) is 3. The molecule has 0 aromatic rings. The van der Waals surface area contributed by atoms with Crippen molar-refractivity contribution in [2.24, 2.45) is 0 Å². The Hall–Kier alpha value is -0.650. The summed E-state index contributed by atoms with van der Waals surface area (Å²) in [4.78, 5) is 15.7. The molecule has 98 valence electrons. The van der Waals surface area contributed by atoms with Crippen molar-refractivity contribution < 1.29 is 4.79 Å². The van der Waals surface area contributed by atoms with Gasteiger partial charge in [0.25, 0.3) is 0 Å². The van der Waals surface area contributed by atoms with Crippen molar-refractivity contribution in [1.82, 2.24) is 20.2 Å². The molecule has 2 unspecified atom stereocenters. The second-order valence-corrected chi connectivity index (χ2v) is 5.31. The average Bonchev–Trinajstić information content (AvgIpc) is 2.55. The van der Waals surface area contributed by atoms with Gasteiger partial charge in [0, 0.05) is 52.2 Å². The third-order valence-corrected chi connectivity index (χ3v) is 3.96. The van der Waals surface area contributed by atoms with Gasteiger partial charge in [-0.05, 0) is 19.9 Å². The smallest absolute Gasteiger partial charge is 0.223 e. The third-order valence-electron chi connectivity index (χ3n) is 3.96. The van der Waals surface area contributed by atoms with Gasteiger partial charge in [0.1, 0.15) is 0 Å².